The van der Waals surface area contributed by atoms with E-state index in [1.54, 1.807) is 0 Å². The van der Waals surface area contributed by atoms with Gasteiger partial charge in [-0.1, -0.05) is 42.5 Å². The fourth-order valence-corrected chi connectivity index (χ4v) is 3.13. The molecule has 1 aliphatic rings. The molecule has 0 aliphatic carbocycles. The Kier molecular flexibility index (Phi) is 5.68. The molecule has 3 rings (SSSR count). The minimum absolute atomic E-state index is 0.0110. The molecule has 0 bridgehead atoms. The first-order valence-corrected chi connectivity index (χ1v) is 8.68. The molecule has 0 spiro atoms. The largest absolute Gasteiger partial charge is 0.393 e. The number of aliphatic hydroxyl groups is 2. The number of carbonyl (C=O) groups excluding carboxylic acids is 1. The van der Waals surface area contributed by atoms with E-state index >= 15 is 0 Å². The maximum Gasteiger partial charge on any atom is 0.227 e. The summed E-state index contributed by atoms with van der Waals surface area (Å²) in [5, 5.41) is 22.8. The maximum atomic E-state index is 12.4. The lowest BCUT2D eigenvalue weighted by Gasteiger charge is -2.32. The Morgan fingerprint density at radius 3 is 2.44 bits per heavy atom. The van der Waals surface area contributed by atoms with E-state index in [2.05, 4.69) is 10.2 Å². The highest BCUT2D eigenvalue weighted by Crippen LogP contribution is 2.29. The van der Waals surface area contributed by atoms with Crippen LogP contribution in [0.2, 0.25) is 0 Å². The minimum atomic E-state index is -0.821. The van der Waals surface area contributed by atoms with Crippen molar-refractivity contribution >= 4 is 17.3 Å². The van der Waals surface area contributed by atoms with Crippen molar-refractivity contribution in [2.75, 3.05) is 23.3 Å². The number of carbonyl (C=O) groups is 1. The van der Waals surface area contributed by atoms with Crippen LogP contribution in [0.3, 0.4) is 0 Å². The summed E-state index contributed by atoms with van der Waals surface area (Å²) in [6, 6.07) is 16.8. The van der Waals surface area contributed by atoms with Gasteiger partial charge in [-0.15, -0.1) is 0 Å². The van der Waals surface area contributed by atoms with Gasteiger partial charge in [0, 0.05) is 13.1 Å². The van der Waals surface area contributed by atoms with Crippen LogP contribution in [0.4, 0.5) is 11.4 Å². The molecule has 1 aliphatic heterocycles. The molecule has 2 aromatic carbocycles. The van der Waals surface area contributed by atoms with Gasteiger partial charge in [0.15, 0.2) is 0 Å². The van der Waals surface area contributed by atoms with Crippen LogP contribution in [0, 0.1) is 0 Å². The standard InChI is InChI=1S/C20H24N2O3/c23-16-10-12-22(13-11-16)18-9-5-4-8-17(18)21-20(25)14-19(24)15-6-2-1-3-7-15/h1-9,16,19,23-24H,10-14H2,(H,21,25). The first-order valence-electron chi connectivity index (χ1n) is 8.68. The number of nitrogens with one attached hydrogen (secondary N) is 1. The third-order valence-electron chi connectivity index (χ3n) is 4.55. The second-order valence-electron chi connectivity index (χ2n) is 6.41. The highest BCUT2D eigenvalue weighted by molar-refractivity contribution is 5.94. The van der Waals surface area contributed by atoms with Gasteiger partial charge in [0.25, 0.3) is 0 Å². The molecular formula is C20H24N2O3. The molecule has 0 radical (unpaired) electrons. The smallest absolute Gasteiger partial charge is 0.227 e. The lowest BCUT2D eigenvalue weighted by molar-refractivity contribution is -0.118. The van der Waals surface area contributed by atoms with Gasteiger partial charge in [-0.2, -0.15) is 0 Å². The van der Waals surface area contributed by atoms with Crippen molar-refractivity contribution in [3.63, 3.8) is 0 Å². The molecule has 2 aromatic rings. The highest BCUT2D eigenvalue weighted by Gasteiger charge is 2.20. The van der Waals surface area contributed by atoms with Gasteiger partial charge in [-0.25, -0.2) is 0 Å². The van der Waals surface area contributed by atoms with E-state index in [0.717, 1.165) is 42.9 Å². The van der Waals surface area contributed by atoms with E-state index < -0.39 is 6.10 Å². The number of rotatable bonds is 5. The Bertz CT molecular complexity index is 697. The zero-order chi connectivity index (χ0) is 17.6. The van der Waals surface area contributed by atoms with Crippen LogP contribution in [-0.4, -0.2) is 35.3 Å². The monoisotopic (exact) mass is 340 g/mol. The predicted molar refractivity (Wildman–Crippen MR) is 98.5 cm³/mol. The number of amides is 1. The van der Waals surface area contributed by atoms with Crippen LogP contribution >= 0.6 is 0 Å². The van der Waals surface area contributed by atoms with Gasteiger partial charge in [0.05, 0.1) is 30.0 Å². The molecule has 132 valence electrons. The summed E-state index contributed by atoms with van der Waals surface area (Å²) >= 11 is 0. The molecule has 0 saturated carbocycles. The van der Waals surface area contributed by atoms with E-state index in [0.29, 0.717) is 0 Å². The second-order valence-corrected chi connectivity index (χ2v) is 6.41. The Morgan fingerprint density at radius 1 is 1.08 bits per heavy atom. The molecule has 3 N–H and O–H groups in total. The van der Waals surface area contributed by atoms with Gasteiger partial charge < -0.3 is 20.4 Å². The van der Waals surface area contributed by atoms with Gasteiger partial charge >= 0.3 is 0 Å². The zero-order valence-electron chi connectivity index (χ0n) is 14.1. The van der Waals surface area contributed by atoms with Crippen molar-refractivity contribution in [1.29, 1.82) is 0 Å². The van der Waals surface area contributed by atoms with Gasteiger partial charge in [-0.3, -0.25) is 4.79 Å². The van der Waals surface area contributed by atoms with Gasteiger partial charge in [-0.05, 0) is 30.5 Å². The van der Waals surface area contributed by atoms with E-state index in [9.17, 15) is 15.0 Å². The van der Waals surface area contributed by atoms with Crippen LogP contribution in [0.5, 0.6) is 0 Å². The molecule has 1 fully saturated rings. The molecule has 1 heterocycles. The van der Waals surface area contributed by atoms with E-state index in [1.807, 2.05) is 54.6 Å². The SMILES string of the molecule is O=C(CC(O)c1ccccc1)Nc1ccccc1N1CCC(O)CC1. The maximum absolute atomic E-state index is 12.4. The lowest BCUT2D eigenvalue weighted by Crippen LogP contribution is -2.36. The lowest BCUT2D eigenvalue weighted by atomic mass is 10.1. The van der Waals surface area contributed by atoms with Gasteiger partial charge in [0.2, 0.25) is 5.91 Å². The predicted octanol–water partition coefficient (Wildman–Crippen LogP) is 2.71. The number of hydrogen-bond acceptors (Lipinski definition) is 4. The summed E-state index contributed by atoms with van der Waals surface area (Å²) in [7, 11) is 0. The third-order valence-corrected chi connectivity index (χ3v) is 4.55. The van der Waals surface area contributed by atoms with Crippen LogP contribution in [-0.2, 0) is 4.79 Å². The Hall–Kier alpha value is -2.37. The summed E-state index contributed by atoms with van der Waals surface area (Å²) in [6.07, 6.45) is 0.415. The molecule has 1 saturated heterocycles. The molecule has 1 amide bonds. The number of para-hydroxylation sites is 2. The Morgan fingerprint density at radius 2 is 1.72 bits per heavy atom. The topological polar surface area (TPSA) is 72.8 Å². The summed E-state index contributed by atoms with van der Waals surface area (Å²) < 4.78 is 0. The normalized spacial score (nSPS) is 16.5. The summed E-state index contributed by atoms with van der Waals surface area (Å²) in [6.45, 7) is 1.53. The van der Waals surface area contributed by atoms with E-state index in [-0.39, 0.29) is 18.4 Å². The van der Waals surface area contributed by atoms with Crippen molar-refractivity contribution in [3.8, 4) is 0 Å². The number of hydrogen-bond donors (Lipinski definition) is 3. The van der Waals surface area contributed by atoms with Crippen molar-refractivity contribution in [3.05, 3.63) is 60.2 Å². The van der Waals surface area contributed by atoms with E-state index in [1.165, 1.54) is 0 Å². The quantitative estimate of drug-likeness (QED) is 0.782. The molecule has 5 heteroatoms. The highest BCUT2D eigenvalue weighted by atomic mass is 16.3. The minimum Gasteiger partial charge on any atom is -0.393 e. The molecule has 5 nitrogen and oxygen atoms in total. The molecular weight excluding hydrogens is 316 g/mol. The number of benzene rings is 2. The van der Waals surface area contributed by atoms with E-state index in [4.69, 9.17) is 0 Å². The first kappa shape index (κ1) is 17.5. The van der Waals surface area contributed by atoms with Crippen LogP contribution < -0.4 is 10.2 Å². The van der Waals surface area contributed by atoms with Gasteiger partial charge in [0.1, 0.15) is 0 Å². The second kappa shape index (κ2) is 8.14. The third kappa shape index (κ3) is 4.59. The van der Waals surface area contributed by atoms with Crippen LogP contribution in [0.1, 0.15) is 30.9 Å². The van der Waals surface area contributed by atoms with Crippen molar-refractivity contribution in [1.82, 2.24) is 0 Å². The molecule has 25 heavy (non-hydrogen) atoms. The number of nitrogens with zero attached hydrogens (tertiary/aromatic N) is 1. The van der Waals surface area contributed by atoms with Crippen LogP contribution in [0.15, 0.2) is 54.6 Å². The molecule has 1 atom stereocenters. The fourth-order valence-electron chi connectivity index (χ4n) is 3.13. The van der Waals surface area contributed by atoms with Crippen molar-refractivity contribution in [2.24, 2.45) is 0 Å². The zero-order valence-corrected chi connectivity index (χ0v) is 14.1. The van der Waals surface area contributed by atoms with Crippen molar-refractivity contribution < 1.29 is 15.0 Å². The number of piperidine rings is 1. The Labute approximate surface area is 147 Å². The van der Waals surface area contributed by atoms with Crippen LogP contribution in [0.25, 0.3) is 0 Å². The summed E-state index contributed by atoms with van der Waals surface area (Å²) in [4.78, 5) is 14.5. The Balaban J connectivity index is 1.65. The summed E-state index contributed by atoms with van der Waals surface area (Å²) in [5.41, 5.74) is 2.43. The molecule has 0 aromatic heterocycles. The number of anilines is 2. The first-order chi connectivity index (χ1) is 12.1. The average Bonchev–Trinajstić information content (AvgIpc) is 2.63. The number of aliphatic hydroxyl groups excluding tert-OH is 2. The van der Waals surface area contributed by atoms with Crippen molar-refractivity contribution in [2.45, 2.75) is 31.5 Å². The fraction of sp³-hybridized carbons (Fsp3) is 0.350. The average molecular weight is 340 g/mol. The molecule has 1 unspecified atom stereocenters. The summed E-state index contributed by atoms with van der Waals surface area (Å²) in [5.74, 6) is -0.221.